The van der Waals surface area contributed by atoms with E-state index in [1.807, 2.05) is 0 Å². The first-order valence-corrected chi connectivity index (χ1v) is 4.66. The number of ether oxygens (including phenoxy) is 1. The molecule has 0 aromatic heterocycles. The monoisotopic (exact) mass is 176 g/mol. The Hall–Kier alpha value is 0.250. The summed E-state index contributed by atoms with van der Waals surface area (Å²) in [5.74, 6) is 0.781. The molecule has 0 bridgehead atoms. The summed E-state index contributed by atoms with van der Waals surface area (Å²) in [6, 6.07) is 0. The minimum Gasteiger partial charge on any atom is -0.385 e. The number of methoxy groups -OCH3 is 1. The Bertz CT molecular complexity index is 144. The molecule has 1 fully saturated rings. The molecule has 1 rings (SSSR count). The van der Waals surface area contributed by atoms with Crippen LogP contribution in [-0.2, 0) is 4.74 Å². The van der Waals surface area contributed by atoms with Crippen LogP contribution >= 0.6 is 11.6 Å². The van der Waals surface area contributed by atoms with Crippen LogP contribution in [0.15, 0.2) is 0 Å². The lowest BCUT2D eigenvalue weighted by Gasteiger charge is -2.16. The normalized spacial score (nSPS) is 33.8. The molecule has 0 heterocycles. The van der Waals surface area contributed by atoms with Gasteiger partial charge in [0.15, 0.2) is 0 Å². The van der Waals surface area contributed by atoms with Gasteiger partial charge < -0.3 is 4.74 Å². The number of alkyl halides is 1. The quantitative estimate of drug-likeness (QED) is 0.599. The first-order chi connectivity index (χ1) is 5.08. The lowest BCUT2D eigenvalue weighted by molar-refractivity contribution is 0.167. The van der Waals surface area contributed by atoms with Crippen LogP contribution in [0.25, 0.3) is 0 Å². The Kier molecular flexibility index (Phi) is 2.50. The van der Waals surface area contributed by atoms with Crippen molar-refractivity contribution in [1.82, 2.24) is 0 Å². The van der Waals surface area contributed by atoms with E-state index in [4.69, 9.17) is 16.3 Å². The van der Waals surface area contributed by atoms with E-state index in [9.17, 15) is 0 Å². The summed E-state index contributed by atoms with van der Waals surface area (Å²) < 4.78 is 5.05. The fourth-order valence-electron chi connectivity index (χ4n) is 1.82. The summed E-state index contributed by atoms with van der Waals surface area (Å²) in [5, 5.41) is 0. The summed E-state index contributed by atoms with van der Waals surface area (Å²) in [6.45, 7) is 5.41. The van der Waals surface area contributed by atoms with Crippen LogP contribution < -0.4 is 0 Å². The summed E-state index contributed by atoms with van der Waals surface area (Å²) in [5.41, 5.74) is 0.831. The number of hydrogen-bond acceptors (Lipinski definition) is 1. The van der Waals surface area contributed by atoms with Crippen molar-refractivity contribution < 1.29 is 4.74 Å². The Morgan fingerprint density at radius 1 is 1.45 bits per heavy atom. The van der Waals surface area contributed by atoms with Crippen LogP contribution in [-0.4, -0.2) is 19.6 Å². The summed E-state index contributed by atoms with van der Waals surface area (Å²) >= 11 is 5.92. The van der Waals surface area contributed by atoms with Crippen molar-refractivity contribution in [3.63, 3.8) is 0 Å². The van der Waals surface area contributed by atoms with Crippen molar-refractivity contribution in [3.05, 3.63) is 0 Å². The maximum atomic E-state index is 5.92. The average Bonchev–Trinajstić information content (AvgIpc) is 2.50. The maximum absolute atomic E-state index is 5.92. The van der Waals surface area contributed by atoms with Crippen LogP contribution in [0.2, 0.25) is 0 Å². The van der Waals surface area contributed by atoms with E-state index >= 15 is 0 Å². The van der Waals surface area contributed by atoms with Gasteiger partial charge in [-0.2, -0.15) is 0 Å². The van der Waals surface area contributed by atoms with Crippen LogP contribution in [0.3, 0.4) is 0 Å². The minimum absolute atomic E-state index is 0.380. The van der Waals surface area contributed by atoms with Crippen molar-refractivity contribution in [2.45, 2.75) is 26.7 Å². The minimum atomic E-state index is 0.380. The highest BCUT2D eigenvalue weighted by atomic mass is 35.5. The predicted molar refractivity (Wildman–Crippen MR) is 48.0 cm³/mol. The summed E-state index contributed by atoms with van der Waals surface area (Å²) in [7, 11) is 1.75. The molecule has 0 N–H and O–H groups in total. The van der Waals surface area contributed by atoms with Gasteiger partial charge in [-0.1, -0.05) is 13.8 Å². The Morgan fingerprint density at radius 3 is 2.27 bits per heavy atom. The molecule has 2 heteroatoms. The van der Waals surface area contributed by atoms with E-state index in [1.54, 1.807) is 7.11 Å². The third kappa shape index (κ3) is 1.54. The third-order valence-corrected chi connectivity index (χ3v) is 3.64. The Labute approximate surface area is 74.1 Å². The topological polar surface area (TPSA) is 9.23 Å². The fraction of sp³-hybridized carbons (Fsp3) is 1.00. The molecule has 0 radical (unpaired) electrons. The third-order valence-electron chi connectivity index (χ3n) is 3.13. The number of hydrogen-bond donors (Lipinski definition) is 0. The van der Waals surface area contributed by atoms with Gasteiger partial charge in [0.25, 0.3) is 0 Å². The van der Waals surface area contributed by atoms with E-state index in [2.05, 4.69) is 13.8 Å². The van der Waals surface area contributed by atoms with E-state index in [0.717, 1.165) is 18.9 Å². The molecule has 0 saturated heterocycles. The van der Waals surface area contributed by atoms with Crippen molar-refractivity contribution in [2.24, 2.45) is 10.8 Å². The molecule has 1 unspecified atom stereocenters. The SMILES string of the molecule is COCCC1(CCl)CC1(C)C. The molecule has 1 aliphatic rings. The van der Waals surface area contributed by atoms with E-state index < -0.39 is 0 Å². The molecule has 0 spiro atoms. The van der Waals surface area contributed by atoms with Crippen LogP contribution in [0.1, 0.15) is 26.7 Å². The van der Waals surface area contributed by atoms with Gasteiger partial charge in [0.2, 0.25) is 0 Å². The first-order valence-electron chi connectivity index (χ1n) is 4.13. The van der Waals surface area contributed by atoms with E-state index in [-0.39, 0.29) is 0 Å². The van der Waals surface area contributed by atoms with Gasteiger partial charge in [-0.15, -0.1) is 11.6 Å². The second-order valence-electron chi connectivity index (χ2n) is 4.22. The lowest BCUT2D eigenvalue weighted by Crippen LogP contribution is -2.13. The highest BCUT2D eigenvalue weighted by Crippen LogP contribution is 2.65. The van der Waals surface area contributed by atoms with Gasteiger partial charge >= 0.3 is 0 Å². The van der Waals surface area contributed by atoms with Gasteiger partial charge in [-0.25, -0.2) is 0 Å². The second-order valence-corrected chi connectivity index (χ2v) is 4.48. The second kappa shape index (κ2) is 2.95. The van der Waals surface area contributed by atoms with E-state index in [0.29, 0.717) is 10.8 Å². The smallest absolute Gasteiger partial charge is 0.0468 e. The molecule has 1 nitrogen and oxygen atoms in total. The maximum Gasteiger partial charge on any atom is 0.0468 e. The Morgan fingerprint density at radius 2 is 2.00 bits per heavy atom. The zero-order valence-electron chi connectivity index (χ0n) is 7.61. The van der Waals surface area contributed by atoms with Crippen LogP contribution in [0.4, 0.5) is 0 Å². The lowest BCUT2D eigenvalue weighted by atomic mass is 9.95. The molecule has 66 valence electrons. The molecule has 1 atom stereocenters. The van der Waals surface area contributed by atoms with Gasteiger partial charge in [0, 0.05) is 19.6 Å². The Balaban J connectivity index is 2.40. The number of halogens is 1. The summed E-state index contributed by atoms with van der Waals surface area (Å²) in [4.78, 5) is 0. The van der Waals surface area contributed by atoms with Gasteiger partial charge in [-0.05, 0) is 23.7 Å². The fourth-order valence-corrected chi connectivity index (χ4v) is 2.41. The molecule has 1 aliphatic carbocycles. The summed E-state index contributed by atoms with van der Waals surface area (Å²) in [6.07, 6.45) is 2.37. The van der Waals surface area contributed by atoms with Crippen molar-refractivity contribution >= 4 is 11.6 Å². The molecule has 0 aromatic rings. The van der Waals surface area contributed by atoms with Crippen LogP contribution in [0, 0.1) is 10.8 Å². The van der Waals surface area contributed by atoms with Crippen molar-refractivity contribution in [3.8, 4) is 0 Å². The van der Waals surface area contributed by atoms with Gasteiger partial charge in [0.05, 0.1) is 0 Å². The first kappa shape index (κ1) is 9.34. The molecular formula is C9H17ClO. The zero-order chi connectivity index (χ0) is 8.54. The van der Waals surface area contributed by atoms with Gasteiger partial charge in [0.1, 0.15) is 0 Å². The van der Waals surface area contributed by atoms with E-state index in [1.165, 1.54) is 6.42 Å². The molecule has 0 aliphatic heterocycles. The molecule has 0 amide bonds. The average molecular weight is 177 g/mol. The molecule has 1 saturated carbocycles. The zero-order valence-corrected chi connectivity index (χ0v) is 8.37. The highest BCUT2D eigenvalue weighted by Gasteiger charge is 2.59. The molecular weight excluding hydrogens is 160 g/mol. The molecule has 11 heavy (non-hydrogen) atoms. The van der Waals surface area contributed by atoms with Crippen molar-refractivity contribution in [1.29, 1.82) is 0 Å². The highest BCUT2D eigenvalue weighted by molar-refractivity contribution is 6.18. The predicted octanol–water partition coefficient (Wildman–Crippen LogP) is 2.68. The molecule has 0 aromatic carbocycles. The van der Waals surface area contributed by atoms with Crippen molar-refractivity contribution in [2.75, 3.05) is 19.6 Å². The van der Waals surface area contributed by atoms with Crippen LogP contribution in [0.5, 0.6) is 0 Å². The number of rotatable bonds is 4. The standard InChI is InChI=1S/C9H17ClO/c1-8(2)6-9(8,7-10)4-5-11-3/h4-7H2,1-3H3. The largest absolute Gasteiger partial charge is 0.385 e. The van der Waals surface area contributed by atoms with Gasteiger partial charge in [-0.3, -0.25) is 0 Å².